The third kappa shape index (κ3) is 5.07. The summed E-state index contributed by atoms with van der Waals surface area (Å²) in [6.07, 6.45) is 9.88. The molecule has 156 valence electrons. The van der Waals surface area contributed by atoms with Crippen LogP contribution in [0.3, 0.4) is 0 Å². The van der Waals surface area contributed by atoms with Crippen LogP contribution in [0, 0.1) is 29.6 Å². The highest BCUT2D eigenvalue weighted by molar-refractivity contribution is 4.94. The fourth-order valence-corrected chi connectivity index (χ4v) is 5.78. The summed E-state index contributed by atoms with van der Waals surface area (Å²) in [4.78, 5) is 0. The largest absolute Gasteiger partial charge is 0.412 e. The van der Waals surface area contributed by atoms with E-state index in [4.69, 9.17) is 4.74 Å². The van der Waals surface area contributed by atoms with Crippen LogP contribution in [0.2, 0.25) is 0 Å². The summed E-state index contributed by atoms with van der Waals surface area (Å²) in [6.45, 7) is 6.27. The molecule has 0 spiro atoms. The molecule has 0 radical (unpaired) electrons. The Labute approximate surface area is 161 Å². The average Bonchev–Trinajstić information content (AvgIpc) is 2.64. The van der Waals surface area contributed by atoms with Crippen molar-refractivity contribution >= 4 is 0 Å². The lowest BCUT2D eigenvalue weighted by atomic mass is 9.65. The molecule has 26 heavy (non-hydrogen) atoms. The minimum atomic E-state index is -1.46. The molecule has 2 N–H and O–H groups in total. The van der Waals surface area contributed by atoms with Crippen molar-refractivity contribution in [3.05, 3.63) is 12.7 Å². The Morgan fingerprint density at radius 1 is 0.846 bits per heavy atom. The van der Waals surface area contributed by atoms with Crippen LogP contribution in [0.4, 0.5) is 8.78 Å². The van der Waals surface area contributed by atoms with Crippen LogP contribution in [-0.4, -0.2) is 30.5 Å². The molecule has 4 heteroatoms. The lowest BCUT2D eigenvalue weighted by molar-refractivity contribution is -0.0816. The molecule has 3 aliphatic carbocycles. The Morgan fingerprint density at radius 3 is 1.96 bits per heavy atom. The number of rotatable bonds is 5. The van der Waals surface area contributed by atoms with Crippen molar-refractivity contribution in [3.8, 4) is 0 Å². The van der Waals surface area contributed by atoms with Crippen molar-refractivity contribution in [1.82, 2.24) is 0 Å². The van der Waals surface area contributed by atoms with Crippen LogP contribution in [0.5, 0.6) is 0 Å². The second kappa shape index (κ2) is 10.2. The normalized spacial score (nSPS) is 44.1. The smallest absolute Gasteiger partial charge is 0.157 e. The molecule has 0 bridgehead atoms. The molecular formula is C22H42F2O2. The second-order valence-electron chi connectivity index (χ2n) is 8.99. The van der Waals surface area contributed by atoms with Gasteiger partial charge in [-0.1, -0.05) is 25.8 Å². The van der Waals surface area contributed by atoms with Gasteiger partial charge in [0.2, 0.25) is 0 Å². The zero-order valence-corrected chi connectivity index (χ0v) is 16.3. The predicted molar refractivity (Wildman–Crippen MR) is 107 cm³/mol. The molecule has 3 rings (SSSR count). The SMILES string of the molecule is C=CCOC1CCC(C2CCC(C3CCC(C)CC3)CC2)C(F)C1F.O.[HH].[HH]. The van der Waals surface area contributed by atoms with E-state index in [1.807, 2.05) is 0 Å². The molecule has 4 unspecified atom stereocenters. The third-order valence-corrected chi connectivity index (χ3v) is 7.43. The molecule has 0 aliphatic heterocycles. The molecule has 2 nitrogen and oxygen atoms in total. The number of ether oxygens (including phenoxy) is 1. The molecule has 3 saturated carbocycles. The number of hydrogen-bond donors (Lipinski definition) is 0. The first-order valence-electron chi connectivity index (χ1n) is 10.6. The maximum absolute atomic E-state index is 14.7. The Morgan fingerprint density at radius 2 is 1.38 bits per heavy atom. The summed E-state index contributed by atoms with van der Waals surface area (Å²) in [7, 11) is 0. The topological polar surface area (TPSA) is 40.7 Å². The van der Waals surface area contributed by atoms with Crippen LogP contribution >= 0.6 is 0 Å². The van der Waals surface area contributed by atoms with Gasteiger partial charge in [0.25, 0.3) is 0 Å². The van der Waals surface area contributed by atoms with Crippen molar-refractivity contribution < 1.29 is 21.8 Å². The molecular weight excluding hydrogens is 334 g/mol. The third-order valence-electron chi connectivity index (χ3n) is 7.43. The minimum absolute atomic E-state index is 0. The van der Waals surface area contributed by atoms with E-state index in [0.717, 1.165) is 37.0 Å². The van der Waals surface area contributed by atoms with E-state index in [-0.39, 0.29) is 14.2 Å². The van der Waals surface area contributed by atoms with Crippen molar-refractivity contribution in [2.24, 2.45) is 29.6 Å². The summed E-state index contributed by atoms with van der Waals surface area (Å²) in [5.41, 5.74) is 0. The van der Waals surface area contributed by atoms with Crippen LogP contribution < -0.4 is 0 Å². The maximum Gasteiger partial charge on any atom is 0.157 e. The van der Waals surface area contributed by atoms with Crippen molar-refractivity contribution in [3.63, 3.8) is 0 Å². The van der Waals surface area contributed by atoms with E-state index in [9.17, 15) is 8.78 Å². The number of alkyl halides is 2. The van der Waals surface area contributed by atoms with Crippen molar-refractivity contribution in [2.45, 2.75) is 89.6 Å². The molecule has 0 amide bonds. The van der Waals surface area contributed by atoms with E-state index in [0.29, 0.717) is 18.9 Å². The van der Waals surface area contributed by atoms with Gasteiger partial charge in [-0.15, -0.1) is 6.58 Å². The fourth-order valence-electron chi connectivity index (χ4n) is 5.78. The first-order chi connectivity index (χ1) is 12.1. The minimum Gasteiger partial charge on any atom is -0.412 e. The van der Waals surface area contributed by atoms with Gasteiger partial charge < -0.3 is 10.2 Å². The summed E-state index contributed by atoms with van der Waals surface area (Å²) < 4.78 is 34.6. The molecule has 3 fully saturated rings. The Hall–Kier alpha value is -0.480. The first-order valence-corrected chi connectivity index (χ1v) is 10.6. The molecule has 0 saturated heterocycles. The van der Waals surface area contributed by atoms with Crippen LogP contribution in [0.1, 0.15) is 74.0 Å². The molecule has 0 aromatic heterocycles. The predicted octanol–water partition coefficient (Wildman–Crippen LogP) is 5.94. The zero-order chi connectivity index (χ0) is 17.8. The summed E-state index contributed by atoms with van der Waals surface area (Å²) in [5.74, 6) is 2.93. The fraction of sp³-hybridized carbons (Fsp3) is 0.909. The van der Waals surface area contributed by atoms with Gasteiger partial charge >= 0.3 is 0 Å². The van der Waals surface area contributed by atoms with Crippen molar-refractivity contribution in [2.75, 3.05) is 6.61 Å². The zero-order valence-electron chi connectivity index (χ0n) is 16.3. The van der Waals surface area contributed by atoms with E-state index >= 15 is 0 Å². The van der Waals surface area contributed by atoms with Crippen LogP contribution in [-0.2, 0) is 4.74 Å². The summed E-state index contributed by atoms with van der Waals surface area (Å²) in [5, 5.41) is 0. The molecule has 0 aromatic rings. The summed E-state index contributed by atoms with van der Waals surface area (Å²) >= 11 is 0. The lowest BCUT2D eigenvalue weighted by Gasteiger charge is -2.43. The Balaban J connectivity index is 0.00000243. The van der Waals surface area contributed by atoms with E-state index in [2.05, 4.69) is 13.5 Å². The molecule has 4 atom stereocenters. The van der Waals surface area contributed by atoms with Gasteiger partial charge in [0.05, 0.1) is 12.7 Å². The van der Waals surface area contributed by atoms with E-state index in [1.54, 1.807) is 6.08 Å². The Bertz CT molecular complexity index is 425. The quantitative estimate of drug-likeness (QED) is 0.547. The van der Waals surface area contributed by atoms with Crippen LogP contribution in [0.15, 0.2) is 12.7 Å². The van der Waals surface area contributed by atoms with Gasteiger partial charge in [0.1, 0.15) is 6.17 Å². The Kier molecular flexibility index (Phi) is 8.53. The van der Waals surface area contributed by atoms with Gasteiger partial charge in [-0.05, 0) is 81.0 Å². The highest BCUT2D eigenvalue weighted by atomic mass is 19.2. The summed E-state index contributed by atoms with van der Waals surface area (Å²) in [6, 6.07) is 0. The molecule has 3 aliphatic rings. The maximum atomic E-state index is 14.7. The second-order valence-corrected chi connectivity index (χ2v) is 8.99. The average molecular weight is 377 g/mol. The van der Waals surface area contributed by atoms with Gasteiger partial charge in [-0.25, -0.2) is 8.78 Å². The van der Waals surface area contributed by atoms with Gasteiger partial charge in [-0.2, -0.15) is 0 Å². The van der Waals surface area contributed by atoms with Gasteiger partial charge in [0, 0.05) is 2.85 Å². The monoisotopic (exact) mass is 376 g/mol. The van der Waals surface area contributed by atoms with Gasteiger partial charge in [0.15, 0.2) is 6.17 Å². The first kappa shape index (κ1) is 21.8. The molecule has 0 heterocycles. The highest BCUT2D eigenvalue weighted by Crippen LogP contribution is 2.46. The van der Waals surface area contributed by atoms with Gasteiger partial charge in [-0.3, -0.25) is 0 Å². The van der Waals surface area contributed by atoms with E-state index in [1.165, 1.54) is 38.5 Å². The lowest BCUT2D eigenvalue weighted by Crippen LogP contribution is -2.46. The highest BCUT2D eigenvalue weighted by Gasteiger charge is 2.45. The number of hydrogen-bond acceptors (Lipinski definition) is 1. The van der Waals surface area contributed by atoms with Crippen LogP contribution in [0.25, 0.3) is 0 Å². The number of halogens is 2. The van der Waals surface area contributed by atoms with Crippen molar-refractivity contribution in [1.29, 1.82) is 0 Å². The van der Waals surface area contributed by atoms with E-state index < -0.39 is 18.4 Å². The molecule has 0 aromatic carbocycles. The standard InChI is InChI=1S/C22H36F2O.H2O.2H2/c1-3-14-25-20-13-12-19(21(23)22(20)24)18-10-8-17(9-11-18)16-6-4-15(2)5-7-16;;;/h3,15-22H,1,4-14H2,2H3;1H2;2*1H.